The van der Waals surface area contributed by atoms with Crippen LogP contribution in [0.1, 0.15) is 31.2 Å². The van der Waals surface area contributed by atoms with Crippen molar-refractivity contribution in [1.29, 1.82) is 0 Å². The van der Waals surface area contributed by atoms with Gasteiger partial charge in [-0.2, -0.15) is 0 Å². The van der Waals surface area contributed by atoms with Crippen molar-refractivity contribution >= 4 is 11.6 Å². The average molecular weight is 290 g/mol. The third-order valence-electron chi connectivity index (χ3n) is 4.28. The minimum absolute atomic E-state index is 0.0875. The molecule has 2 atom stereocenters. The number of ether oxygens (including phenoxy) is 1. The summed E-state index contributed by atoms with van der Waals surface area (Å²) in [7, 11) is 0. The Balaban J connectivity index is 1.53. The minimum atomic E-state index is -0.164. The van der Waals surface area contributed by atoms with Gasteiger partial charge < -0.3 is 20.5 Å². The Morgan fingerprint density at radius 3 is 3.05 bits per heavy atom. The van der Waals surface area contributed by atoms with Gasteiger partial charge in [0.25, 0.3) is 5.91 Å². The van der Waals surface area contributed by atoms with Crippen LogP contribution in [0, 0.1) is 5.92 Å². The van der Waals surface area contributed by atoms with Gasteiger partial charge in [0.05, 0.1) is 11.8 Å². The highest BCUT2D eigenvalue weighted by Crippen LogP contribution is 2.28. The van der Waals surface area contributed by atoms with Crippen LogP contribution >= 0.6 is 0 Å². The molecule has 0 saturated heterocycles. The number of benzene rings is 1. The van der Waals surface area contributed by atoms with Crippen LogP contribution in [0.3, 0.4) is 0 Å². The third kappa shape index (κ3) is 3.54. The summed E-state index contributed by atoms with van der Waals surface area (Å²) in [6.45, 7) is 1.65. The molecule has 1 amide bonds. The van der Waals surface area contributed by atoms with Crippen molar-refractivity contribution in [2.24, 2.45) is 5.92 Å². The summed E-state index contributed by atoms with van der Waals surface area (Å²) < 4.78 is 5.34. The molecular formula is C16H22N2O3. The number of aliphatic hydroxyl groups is 1. The average Bonchev–Trinajstić information content (AvgIpc) is 2.49. The largest absolute Gasteiger partial charge is 0.482 e. The van der Waals surface area contributed by atoms with E-state index >= 15 is 0 Å². The summed E-state index contributed by atoms with van der Waals surface area (Å²) in [5.74, 6) is 0.971. The fraction of sp³-hybridized carbons (Fsp3) is 0.562. The summed E-state index contributed by atoms with van der Waals surface area (Å²) in [5.41, 5.74) is 1.84. The molecule has 1 heterocycles. The van der Waals surface area contributed by atoms with E-state index in [2.05, 4.69) is 10.6 Å². The maximum Gasteiger partial charge on any atom is 0.262 e. The van der Waals surface area contributed by atoms with Gasteiger partial charge in [-0.05, 0) is 36.5 Å². The Bertz CT molecular complexity index is 518. The predicted molar refractivity (Wildman–Crippen MR) is 80.2 cm³/mol. The molecule has 1 aromatic carbocycles. The van der Waals surface area contributed by atoms with E-state index in [0.717, 1.165) is 49.4 Å². The second-order valence-corrected chi connectivity index (χ2v) is 5.91. The molecule has 0 radical (unpaired) electrons. The number of amides is 1. The number of fused-ring (bicyclic) bond motifs is 1. The number of anilines is 1. The van der Waals surface area contributed by atoms with Gasteiger partial charge in [-0.25, -0.2) is 0 Å². The predicted octanol–water partition coefficient (Wildman–Crippen LogP) is 1.66. The highest BCUT2D eigenvalue weighted by Gasteiger charge is 2.22. The van der Waals surface area contributed by atoms with Crippen LogP contribution in [0.4, 0.5) is 5.69 Å². The van der Waals surface area contributed by atoms with E-state index in [4.69, 9.17) is 4.74 Å². The van der Waals surface area contributed by atoms with Crippen LogP contribution < -0.4 is 15.4 Å². The van der Waals surface area contributed by atoms with Gasteiger partial charge >= 0.3 is 0 Å². The summed E-state index contributed by atoms with van der Waals surface area (Å²) in [4.78, 5) is 11.3. The summed E-state index contributed by atoms with van der Waals surface area (Å²) >= 11 is 0. The quantitative estimate of drug-likeness (QED) is 0.788. The molecule has 1 fully saturated rings. The molecule has 5 nitrogen and oxygen atoms in total. The topological polar surface area (TPSA) is 70.6 Å². The lowest BCUT2D eigenvalue weighted by Gasteiger charge is -2.27. The molecule has 1 aromatic rings. The van der Waals surface area contributed by atoms with E-state index in [1.807, 2.05) is 18.2 Å². The molecule has 0 aromatic heterocycles. The van der Waals surface area contributed by atoms with Crippen molar-refractivity contribution in [3.63, 3.8) is 0 Å². The molecule has 114 valence electrons. The zero-order valence-electron chi connectivity index (χ0n) is 12.1. The first kappa shape index (κ1) is 14.4. The van der Waals surface area contributed by atoms with E-state index in [1.54, 1.807) is 0 Å². The number of rotatable bonds is 4. The maximum atomic E-state index is 11.3. The Kier molecular flexibility index (Phi) is 4.41. The van der Waals surface area contributed by atoms with E-state index in [1.165, 1.54) is 6.42 Å². The van der Waals surface area contributed by atoms with Gasteiger partial charge in [-0.15, -0.1) is 0 Å². The van der Waals surface area contributed by atoms with Crippen molar-refractivity contribution < 1.29 is 14.6 Å². The van der Waals surface area contributed by atoms with E-state index < -0.39 is 0 Å². The van der Waals surface area contributed by atoms with Gasteiger partial charge in [0, 0.05) is 13.1 Å². The maximum absolute atomic E-state index is 11.3. The molecule has 5 heteroatoms. The number of carbonyl (C=O) groups is 1. The van der Waals surface area contributed by atoms with Crippen LogP contribution in [-0.2, 0) is 11.3 Å². The van der Waals surface area contributed by atoms with Gasteiger partial charge in [-0.3, -0.25) is 4.79 Å². The van der Waals surface area contributed by atoms with Crippen molar-refractivity contribution in [2.45, 2.75) is 38.3 Å². The number of carbonyl (C=O) groups excluding carboxylic acids is 1. The first-order valence-electron chi connectivity index (χ1n) is 7.67. The minimum Gasteiger partial charge on any atom is -0.482 e. The Labute approximate surface area is 124 Å². The highest BCUT2D eigenvalue weighted by molar-refractivity contribution is 5.95. The second kappa shape index (κ2) is 6.45. The molecule has 1 saturated carbocycles. The summed E-state index contributed by atoms with van der Waals surface area (Å²) in [6, 6.07) is 5.83. The van der Waals surface area contributed by atoms with E-state index in [-0.39, 0.29) is 18.6 Å². The monoisotopic (exact) mass is 290 g/mol. The van der Waals surface area contributed by atoms with Crippen LogP contribution in [-0.4, -0.2) is 30.3 Å². The van der Waals surface area contributed by atoms with Crippen LogP contribution in [0.15, 0.2) is 18.2 Å². The fourth-order valence-electron chi connectivity index (χ4n) is 3.07. The lowest BCUT2D eigenvalue weighted by atomic mass is 9.86. The van der Waals surface area contributed by atoms with Gasteiger partial charge in [-0.1, -0.05) is 18.9 Å². The number of hydrogen-bond acceptors (Lipinski definition) is 4. The second-order valence-electron chi connectivity index (χ2n) is 5.91. The molecule has 1 aliphatic heterocycles. The van der Waals surface area contributed by atoms with Crippen LogP contribution in [0.25, 0.3) is 0 Å². The van der Waals surface area contributed by atoms with E-state index in [9.17, 15) is 9.90 Å². The zero-order valence-corrected chi connectivity index (χ0v) is 12.1. The zero-order chi connectivity index (χ0) is 14.7. The molecule has 3 rings (SSSR count). The molecular weight excluding hydrogens is 268 g/mol. The normalized spacial score (nSPS) is 24.9. The summed E-state index contributed by atoms with van der Waals surface area (Å²) in [6.07, 6.45) is 4.22. The fourth-order valence-corrected chi connectivity index (χ4v) is 3.07. The molecule has 3 N–H and O–H groups in total. The Morgan fingerprint density at radius 1 is 1.33 bits per heavy atom. The molecule has 0 bridgehead atoms. The Morgan fingerprint density at radius 2 is 2.19 bits per heavy atom. The molecule has 0 spiro atoms. The molecule has 2 aliphatic rings. The SMILES string of the molecule is O=C1COc2ccc(CNCC3CCCCC3O)cc2N1. The lowest BCUT2D eigenvalue weighted by molar-refractivity contribution is -0.118. The van der Waals surface area contributed by atoms with Crippen LogP contribution in [0.5, 0.6) is 5.75 Å². The highest BCUT2D eigenvalue weighted by atomic mass is 16.5. The first-order valence-corrected chi connectivity index (χ1v) is 7.67. The van der Waals surface area contributed by atoms with Gasteiger partial charge in [0.2, 0.25) is 0 Å². The van der Waals surface area contributed by atoms with Gasteiger partial charge in [0.15, 0.2) is 6.61 Å². The lowest BCUT2D eigenvalue weighted by Crippen LogP contribution is -2.33. The smallest absolute Gasteiger partial charge is 0.262 e. The standard InChI is InChI=1S/C16H22N2O3/c19-14-4-2-1-3-12(14)9-17-8-11-5-6-15-13(7-11)18-16(20)10-21-15/h5-7,12,14,17,19H,1-4,8-10H2,(H,18,20). The molecule has 2 unspecified atom stereocenters. The van der Waals surface area contributed by atoms with Crippen molar-refractivity contribution in [2.75, 3.05) is 18.5 Å². The molecule has 1 aliphatic carbocycles. The van der Waals surface area contributed by atoms with Crippen molar-refractivity contribution in [3.8, 4) is 5.75 Å². The van der Waals surface area contributed by atoms with Crippen molar-refractivity contribution in [1.82, 2.24) is 5.32 Å². The summed E-state index contributed by atoms with van der Waals surface area (Å²) in [5, 5.41) is 16.2. The first-order chi connectivity index (χ1) is 10.2. The number of nitrogens with one attached hydrogen (secondary N) is 2. The number of aliphatic hydroxyl groups excluding tert-OH is 1. The Hall–Kier alpha value is -1.59. The number of hydrogen-bond donors (Lipinski definition) is 3. The molecule has 21 heavy (non-hydrogen) atoms. The van der Waals surface area contributed by atoms with Crippen molar-refractivity contribution in [3.05, 3.63) is 23.8 Å². The third-order valence-corrected chi connectivity index (χ3v) is 4.28. The van der Waals surface area contributed by atoms with Crippen LogP contribution in [0.2, 0.25) is 0 Å². The van der Waals surface area contributed by atoms with Gasteiger partial charge in [0.1, 0.15) is 5.75 Å². The van der Waals surface area contributed by atoms with E-state index in [0.29, 0.717) is 5.92 Å².